The van der Waals surface area contributed by atoms with Crippen molar-refractivity contribution in [2.75, 3.05) is 5.32 Å². The highest BCUT2D eigenvalue weighted by Gasteiger charge is 2.38. The summed E-state index contributed by atoms with van der Waals surface area (Å²) in [4.78, 5) is 23.9. The Bertz CT molecular complexity index is 1060. The van der Waals surface area contributed by atoms with Crippen molar-refractivity contribution in [2.24, 2.45) is 0 Å². The van der Waals surface area contributed by atoms with E-state index >= 15 is 0 Å². The van der Waals surface area contributed by atoms with Gasteiger partial charge in [-0.25, -0.2) is 14.3 Å². The van der Waals surface area contributed by atoms with Gasteiger partial charge in [-0.05, 0) is 24.3 Å². The molecule has 1 fully saturated rings. The number of aromatic nitrogens is 3. The van der Waals surface area contributed by atoms with E-state index in [1.54, 1.807) is 23.0 Å². The highest BCUT2D eigenvalue weighted by atomic mass is 16.7. The number of nitrogens with one attached hydrogen (secondary N) is 1. The lowest BCUT2D eigenvalue weighted by molar-refractivity contribution is -0.222. The van der Waals surface area contributed by atoms with Crippen LogP contribution in [0.25, 0.3) is 16.9 Å². The molecule has 1 aliphatic rings. The maximum absolute atomic E-state index is 12.0. The molecule has 0 atom stereocenters. The summed E-state index contributed by atoms with van der Waals surface area (Å²) in [7, 11) is 0. The van der Waals surface area contributed by atoms with E-state index in [2.05, 4.69) is 15.6 Å². The van der Waals surface area contributed by atoms with Crippen LogP contribution in [0.2, 0.25) is 0 Å². The van der Waals surface area contributed by atoms with Gasteiger partial charge in [0.15, 0.2) is 5.57 Å². The molecule has 0 unspecified atom stereocenters. The monoisotopic (exact) mass is 390 g/mol. The first-order valence-electron chi connectivity index (χ1n) is 8.93. The largest absolute Gasteiger partial charge is 0.419 e. The predicted molar refractivity (Wildman–Crippen MR) is 105 cm³/mol. The van der Waals surface area contributed by atoms with Crippen LogP contribution < -0.4 is 5.32 Å². The summed E-state index contributed by atoms with van der Waals surface area (Å²) in [5.74, 6) is -2.72. The first kappa shape index (κ1) is 18.4. The molecule has 0 saturated carbocycles. The first-order valence-corrected chi connectivity index (χ1v) is 8.93. The van der Waals surface area contributed by atoms with Gasteiger partial charge >= 0.3 is 11.9 Å². The Morgan fingerprint density at radius 1 is 0.966 bits per heavy atom. The van der Waals surface area contributed by atoms with Crippen molar-refractivity contribution in [1.29, 1.82) is 0 Å². The van der Waals surface area contributed by atoms with Crippen molar-refractivity contribution in [3.05, 3.63) is 72.6 Å². The minimum atomic E-state index is -1.26. The summed E-state index contributed by atoms with van der Waals surface area (Å²) in [5.41, 5.74) is 3.16. The third-order valence-corrected chi connectivity index (χ3v) is 4.23. The number of carbonyl (C=O) groups excluding carboxylic acids is 2. The molecule has 1 aromatic heterocycles. The van der Waals surface area contributed by atoms with Crippen molar-refractivity contribution in [1.82, 2.24) is 15.0 Å². The Morgan fingerprint density at radius 2 is 1.62 bits per heavy atom. The number of anilines is 1. The molecule has 8 heteroatoms. The van der Waals surface area contributed by atoms with Crippen molar-refractivity contribution < 1.29 is 19.1 Å². The Labute approximate surface area is 166 Å². The van der Waals surface area contributed by atoms with E-state index in [9.17, 15) is 9.59 Å². The highest BCUT2D eigenvalue weighted by Crippen LogP contribution is 2.24. The number of hydrogen-bond acceptors (Lipinski definition) is 7. The van der Waals surface area contributed by atoms with Crippen molar-refractivity contribution in [2.45, 2.75) is 19.6 Å². The minimum Gasteiger partial charge on any atom is -0.419 e. The maximum atomic E-state index is 12.0. The van der Waals surface area contributed by atoms with Crippen molar-refractivity contribution >= 4 is 17.6 Å². The second-order valence-corrected chi connectivity index (χ2v) is 6.83. The summed E-state index contributed by atoms with van der Waals surface area (Å²) >= 11 is 0. The number of hydrogen-bond donors (Lipinski definition) is 1. The van der Waals surface area contributed by atoms with Gasteiger partial charge in [-0.3, -0.25) is 0 Å². The molecule has 0 spiro atoms. The smallest absolute Gasteiger partial charge is 0.350 e. The third kappa shape index (κ3) is 3.86. The van der Waals surface area contributed by atoms with Crippen LogP contribution in [0.5, 0.6) is 0 Å². The molecule has 0 aliphatic carbocycles. The van der Waals surface area contributed by atoms with Gasteiger partial charge in [-0.1, -0.05) is 35.5 Å². The van der Waals surface area contributed by atoms with E-state index in [-0.39, 0.29) is 5.57 Å². The van der Waals surface area contributed by atoms with E-state index in [0.717, 1.165) is 16.9 Å². The van der Waals surface area contributed by atoms with Crippen LogP contribution in [0.15, 0.2) is 72.6 Å². The first-order chi connectivity index (χ1) is 13.9. The van der Waals surface area contributed by atoms with Gasteiger partial charge < -0.3 is 14.8 Å². The van der Waals surface area contributed by atoms with Gasteiger partial charge in [-0.15, -0.1) is 5.10 Å². The van der Waals surface area contributed by atoms with Crippen LogP contribution in [-0.4, -0.2) is 32.7 Å². The fourth-order valence-corrected chi connectivity index (χ4v) is 2.86. The van der Waals surface area contributed by atoms with E-state index in [4.69, 9.17) is 9.47 Å². The maximum Gasteiger partial charge on any atom is 0.350 e. The van der Waals surface area contributed by atoms with Gasteiger partial charge in [0.2, 0.25) is 0 Å². The number of rotatable bonds is 4. The summed E-state index contributed by atoms with van der Waals surface area (Å²) in [6, 6.07) is 17.1. The molecule has 4 rings (SSSR count). The molecule has 1 N–H and O–H groups in total. The molecule has 0 bridgehead atoms. The van der Waals surface area contributed by atoms with Gasteiger partial charge in [0.05, 0.1) is 17.6 Å². The molecule has 0 amide bonds. The van der Waals surface area contributed by atoms with Gasteiger partial charge in [-0.2, -0.15) is 0 Å². The second kappa shape index (κ2) is 7.23. The number of ether oxygens (including phenoxy) is 2. The zero-order valence-corrected chi connectivity index (χ0v) is 15.8. The Kier molecular flexibility index (Phi) is 4.59. The standard InChI is InChI=1S/C21H18N4O4/c1-21(2)28-19(26)17(20(27)29-21)12-22-15-8-10-16(11-9-15)25-18(13-23-24-25)14-6-4-3-5-7-14/h3-13,22H,1-2H3. The van der Waals surface area contributed by atoms with Gasteiger partial charge in [0, 0.05) is 31.3 Å². The van der Waals surface area contributed by atoms with Crippen LogP contribution in [0, 0.1) is 0 Å². The highest BCUT2D eigenvalue weighted by molar-refractivity contribution is 6.15. The molecule has 29 heavy (non-hydrogen) atoms. The van der Waals surface area contributed by atoms with Crippen LogP contribution in [0.1, 0.15) is 13.8 Å². The quantitative estimate of drug-likeness (QED) is 0.415. The summed E-state index contributed by atoms with van der Waals surface area (Å²) in [6.45, 7) is 3.00. The number of esters is 2. The fraction of sp³-hybridized carbons (Fsp3) is 0.143. The number of cyclic esters (lactones) is 2. The number of nitrogens with zero attached hydrogens (tertiary/aromatic N) is 3. The topological polar surface area (TPSA) is 95.3 Å². The molecule has 2 heterocycles. The molecule has 2 aromatic carbocycles. The second-order valence-electron chi connectivity index (χ2n) is 6.83. The molecular weight excluding hydrogens is 372 g/mol. The number of carbonyl (C=O) groups is 2. The summed E-state index contributed by atoms with van der Waals surface area (Å²) in [6.07, 6.45) is 2.98. The molecule has 146 valence electrons. The van der Waals surface area contributed by atoms with Crippen LogP contribution >= 0.6 is 0 Å². The Balaban J connectivity index is 1.52. The fourth-order valence-electron chi connectivity index (χ4n) is 2.86. The van der Waals surface area contributed by atoms with Crippen molar-refractivity contribution in [3.8, 4) is 16.9 Å². The third-order valence-electron chi connectivity index (χ3n) is 4.23. The van der Waals surface area contributed by atoms with Crippen molar-refractivity contribution in [3.63, 3.8) is 0 Å². The Hall–Kier alpha value is -3.94. The average Bonchev–Trinajstić information content (AvgIpc) is 3.17. The molecule has 1 saturated heterocycles. The summed E-state index contributed by atoms with van der Waals surface area (Å²) in [5, 5.41) is 11.1. The molecular formula is C21H18N4O4. The zero-order valence-electron chi connectivity index (χ0n) is 15.8. The summed E-state index contributed by atoms with van der Waals surface area (Å²) < 4.78 is 11.9. The van der Waals surface area contributed by atoms with Gasteiger partial charge in [0.1, 0.15) is 0 Å². The lowest BCUT2D eigenvalue weighted by atomic mass is 10.1. The van der Waals surface area contributed by atoms with Crippen LogP contribution in [0.4, 0.5) is 5.69 Å². The number of benzene rings is 2. The lowest BCUT2D eigenvalue weighted by Crippen LogP contribution is -2.42. The molecule has 3 aromatic rings. The normalized spacial score (nSPS) is 15.4. The van der Waals surface area contributed by atoms with Crippen LogP contribution in [-0.2, 0) is 19.1 Å². The molecule has 1 aliphatic heterocycles. The zero-order chi connectivity index (χ0) is 20.4. The minimum absolute atomic E-state index is 0.198. The lowest BCUT2D eigenvalue weighted by Gasteiger charge is -2.29. The van der Waals surface area contributed by atoms with E-state index in [1.807, 2.05) is 42.5 Å². The van der Waals surface area contributed by atoms with E-state index in [1.165, 1.54) is 20.0 Å². The van der Waals surface area contributed by atoms with Crippen LogP contribution in [0.3, 0.4) is 0 Å². The Morgan fingerprint density at radius 3 is 2.28 bits per heavy atom. The van der Waals surface area contributed by atoms with E-state index < -0.39 is 17.7 Å². The molecule has 8 nitrogen and oxygen atoms in total. The van der Waals surface area contributed by atoms with E-state index in [0.29, 0.717) is 5.69 Å². The predicted octanol–water partition coefficient (Wildman–Crippen LogP) is 3.07. The molecule has 0 radical (unpaired) electrons. The van der Waals surface area contributed by atoms with Gasteiger partial charge in [0.25, 0.3) is 5.79 Å². The average molecular weight is 390 g/mol. The SMILES string of the molecule is CC1(C)OC(=O)C(=CNc2ccc(-n3nncc3-c3ccccc3)cc2)C(=O)O1.